The molecule has 106 valence electrons. The number of nitrogens with zero attached hydrogens (tertiary/aromatic N) is 2. The summed E-state index contributed by atoms with van der Waals surface area (Å²) in [6.07, 6.45) is 1.48. The van der Waals surface area contributed by atoms with E-state index >= 15 is 0 Å². The van der Waals surface area contributed by atoms with Gasteiger partial charge in [-0.25, -0.2) is 4.98 Å². The number of pyridine rings is 1. The molecule has 1 amide bonds. The molecule has 0 spiro atoms. The summed E-state index contributed by atoms with van der Waals surface area (Å²) in [5.74, 6) is 0.896. The van der Waals surface area contributed by atoms with E-state index in [1.54, 1.807) is 12.1 Å². The quantitative estimate of drug-likeness (QED) is 0.885. The Labute approximate surface area is 121 Å². The predicted molar refractivity (Wildman–Crippen MR) is 75.8 cm³/mol. The summed E-state index contributed by atoms with van der Waals surface area (Å²) in [5, 5.41) is 9.88. The first-order valence-corrected chi connectivity index (χ1v) is 6.57. The maximum Gasteiger partial charge on any atom is 0.253 e. The summed E-state index contributed by atoms with van der Waals surface area (Å²) in [6, 6.07) is 3.34. The fourth-order valence-electron chi connectivity index (χ4n) is 1.63. The van der Waals surface area contributed by atoms with Gasteiger partial charge in [0.15, 0.2) is 5.76 Å². The van der Waals surface area contributed by atoms with Gasteiger partial charge in [0.1, 0.15) is 5.82 Å². The minimum absolute atomic E-state index is 0.267. The van der Waals surface area contributed by atoms with Crippen molar-refractivity contribution in [3.8, 4) is 0 Å². The topological polar surface area (TPSA) is 80.0 Å². The number of halogens is 1. The Morgan fingerprint density at radius 1 is 1.45 bits per heavy atom. The van der Waals surface area contributed by atoms with E-state index in [0.29, 0.717) is 28.7 Å². The molecule has 2 aromatic rings. The molecular weight excluding hydrogens is 280 g/mol. The number of hydrogen-bond acceptors (Lipinski definition) is 5. The van der Waals surface area contributed by atoms with Gasteiger partial charge in [0.2, 0.25) is 0 Å². The van der Waals surface area contributed by atoms with E-state index in [4.69, 9.17) is 16.1 Å². The molecule has 0 radical (unpaired) electrons. The van der Waals surface area contributed by atoms with Gasteiger partial charge in [-0.15, -0.1) is 0 Å². The van der Waals surface area contributed by atoms with Crippen molar-refractivity contribution in [3.05, 3.63) is 40.4 Å². The summed E-state index contributed by atoms with van der Waals surface area (Å²) in [4.78, 5) is 16.1. The zero-order chi connectivity index (χ0) is 14.5. The van der Waals surface area contributed by atoms with E-state index in [2.05, 4.69) is 20.8 Å². The van der Waals surface area contributed by atoms with Crippen LogP contribution in [-0.4, -0.2) is 22.6 Å². The lowest BCUT2D eigenvalue weighted by Crippen LogP contribution is -2.22. The van der Waals surface area contributed by atoms with Gasteiger partial charge < -0.3 is 15.2 Å². The number of nitrogens with one attached hydrogen (secondary N) is 2. The molecule has 2 heterocycles. The molecule has 0 aliphatic heterocycles. The second-order valence-corrected chi connectivity index (χ2v) is 4.61. The van der Waals surface area contributed by atoms with Gasteiger partial charge in [0.05, 0.1) is 22.8 Å². The van der Waals surface area contributed by atoms with Crippen LogP contribution in [0.25, 0.3) is 0 Å². The van der Waals surface area contributed by atoms with Gasteiger partial charge in [-0.05, 0) is 19.9 Å². The van der Waals surface area contributed by atoms with Gasteiger partial charge in [0.25, 0.3) is 5.91 Å². The van der Waals surface area contributed by atoms with Crippen LogP contribution in [-0.2, 0) is 6.54 Å². The number of hydrogen-bond donors (Lipinski definition) is 2. The summed E-state index contributed by atoms with van der Waals surface area (Å²) in [5.41, 5.74) is 1.17. The van der Waals surface area contributed by atoms with Crippen molar-refractivity contribution in [3.63, 3.8) is 0 Å². The molecule has 0 aliphatic carbocycles. The van der Waals surface area contributed by atoms with Gasteiger partial charge in [-0.1, -0.05) is 16.8 Å². The summed E-state index contributed by atoms with van der Waals surface area (Å²) in [7, 11) is 0. The first-order valence-electron chi connectivity index (χ1n) is 6.20. The van der Waals surface area contributed by atoms with Crippen LogP contribution in [0.15, 0.2) is 22.9 Å². The highest BCUT2D eigenvalue weighted by atomic mass is 35.5. The molecule has 20 heavy (non-hydrogen) atoms. The fraction of sp³-hybridized carbons (Fsp3) is 0.308. The molecule has 0 atom stereocenters. The summed E-state index contributed by atoms with van der Waals surface area (Å²) >= 11 is 6.04. The molecule has 6 nitrogen and oxygen atoms in total. The second kappa shape index (κ2) is 6.38. The van der Waals surface area contributed by atoms with Crippen LogP contribution < -0.4 is 10.6 Å². The average Bonchev–Trinajstić information content (AvgIpc) is 2.84. The summed E-state index contributed by atoms with van der Waals surface area (Å²) < 4.78 is 5.01. The molecule has 2 aromatic heterocycles. The van der Waals surface area contributed by atoms with Gasteiger partial charge in [0, 0.05) is 18.8 Å². The van der Waals surface area contributed by atoms with Crippen LogP contribution >= 0.6 is 11.6 Å². The standard InChI is InChI=1S/C13H15ClN4O2/c1-3-15-12-11(14)5-9(6-16-12)13(19)17-7-10-4-8(2)18-20-10/h4-6H,3,7H2,1-2H3,(H,15,16)(H,17,19). The van der Waals surface area contributed by atoms with Gasteiger partial charge >= 0.3 is 0 Å². The largest absolute Gasteiger partial charge is 0.369 e. The lowest BCUT2D eigenvalue weighted by molar-refractivity contribution is 0.0946. The van der Waals surface area contributed by atoms with E-state index in [9.17, 15) is 4.79 Å². The highest BCUT2D eigenvalue weighted by molar-refractivity contribution is 6.33. The Hall–Kier alpha value is -2.08. The Kier molecular flexibility index (Phi) is 4.57. The molecule has 7 heteroatoms. The van der Waals surface area contributed by atoms with E-state index in [0.717, 1.165) is 5.69 Å². The number of carbonyl (C=O) groups is 1. The Morgan fingerprint density at radius 2 is 2.25 bits per heavy atom. The van der Waals surface area contributed by atoms with E-state index in [1.807, 2.05) is 13.8 Å². The van der Waals surface area contributed by atoms with Crippen molar-refractivity contribution < 1.29 is 9.32 Å². The molecule has 0 aromatic carbocycles. The van der Waals surface area contributed by atoms with Crippen LogP contribution in [0.3, 0.4) is 0 Å². The smallest absolute Gasteiger partial charge is 0.253 e. The molecule has 0 fully saturated rings. The molecule has 2 N–H and O–H groups in total. The van der Waals surface area contributed by atoms with Crippen molar-refractivity contribution in [1.29, 1.82) is 0 Å². The molecular formula is C13H15ClN4O2. The maximum absolute atomic E-state index is 12.0. The Bertz CT molecular complexity index is 612. The molecule has 0 saturated carbocycles. The number of anilines is 1. The number of carbonyl (C=O) groups excluding carboxylic acids is 1. The third-order valence-electron chi connectivity index (χ3n) is 2.55. The van der Waals surface area contributed by atoms with Crippen molar-refractivity contribution >= 4 is 23.3 Å². The number of aryl methyl sites for hydroxylation is 1. The number of aromatic nitrogens is 2. The monoisotopic (exact) mass is 294 g/mol. The number of rotatable bonds is 5. The minimum Gasteiger partial charge on any atom is -0.369 e. The van der Waals surface area contributed by atoms with Crippen molar-refractivity contribution in [1.82, 2.24) is 15.5 Å². The van der Waals surface area contributed by atoms with Gasteiger partial charge in [-0.3, -0.25) is 4.79 Å². The highest BCUT2D eigenvalue weighted by Gasteiger charge is 2.10. The highest BCUT2D eigenvalue weighted by Crippen LogP contribution is 2.19. The molecule has 2 rings (SSSR count). The van der Waals surface area contributed by atoms with Crippen molar-refractivity contribution in [2.45, 2.75) is 20.4 Å². The van der Waals surface area contributed by atoms with E-state index < -0.39 is 0 Å². The minimum atomic E-state index is -0.267. The molecule has 0 bridgehead atoms. The van der Waals surface area contributed by atoms with Crippen LogP contribution in [0.5, 0.6) is 0 Å². The van der Waals surface area contributed by atoms with Crippen molar-refractivity contribution in [2.75, 3.05) is 11.9 Å². The lowest BCUT2D eigenvalue weighted by atomic mass is 10.2. The third-order valence-corrected chi connectivity index (χ3v) is 2.84. The zero-order valence-electron chi connectivity index (χ0n) is 11.2. The number of amides is 1. The van der Waals surface area contributed by atoms with E-state index in [-0.39, 0.29) is 12.5 Å². The van der Waals surface area contributed by atoms with Crippen LogP contribution in [0, 0.1) is 6.92 Å². The normalized spacial score (nSPS) is 10.3. The van der Waals surface area contributed by atoms with Crippen LogP contribution in [0.4, 0.5) is 5.82 Å². The van der Waals surface area contributed by atoms with E-state index in [1.165, 1.54) is 6.20 Å². The lowest BCUT2D eigenvalue weighted by Gasteiger charge is -2.07. The fourth-order valence-corrected chi connectivity index (χ4v) is 1.86. The molecule has 0 saturated heterocycles. The van der Waals surface area contributed by atoms with Gasteiger partial charge in [-0.2, -0.15) is 0 Å². The van der Waals surface area contributed by atoms with Crippen LogP contribution in [0.1, 0.15) is 28.7 Å². The zero-order valence-corrected chi connectivity index (χ0v) is 12.0. The summed E-state index contributed by atoms with van der Waals surface area (Å²) in [6.45, 7) is 4.74. The first-order chi connectivity index (χ1) is 9.60. The molecule has 0 aliphatic rings. The SMILES string of the molecule is CCNc1ncc(C(=O)NCc2cc(C)no2)cc1Cl. The third kappa shape index (κ3) is 3.48. The first kappa shape index (κ1) is 14.3. The average molecular weight is 295 g/mol. The Morgan fingerprint density at radius 3 is 2.85 bits per heavy atom. The van der Waals surface area contributed by atoms with Crippen LogP contribution in [0.2, 0.25) is 5.02 Å². The predicted octanol–water partition coefficient (Wildman–Crippen LogP) is 2.39. The van der Waals surface area contributed by atoms with Crippen molar-refractivity contribution in [2.24, 2.45) is 0 Å². The maximum atomic E-state index is 12.0. The second-order valence-electron chi connectivity index (χ2n) is 4.20. The molecule has 0 unspecified atom stereocenters. The Balaban J connectivity index is 2.00.